The minimum Gasteiger partial charge on any atom is -0.368 e. The zero-order valence-corrected chi connectivity index (χ0v) is 17.3. The molecule has 8 heteroatoms. The van der Waals surface area contributed by atoms with Crippen LogP contribution in [0.5, 0.6) is 0 Å². The highest BCUT2D eigenvalue weighted by Gasteiger charge is 2.30. The van der Waals surface area contributed by atoms with Gasteiger partial charge in [-0.15, -0.1) is 0 Å². The summed E-state index contributed by atoms with van der Waals surface area (Å²) in [6.45, 7) is 11.2. The fourth-order valence-corrected chi connectivity index (χ4v) is 3.94. The standard InChI is InChI=1S/C20H33N5O3/c1-15-13-17(3)25(22-15)14-16(2)21-19(26)6-7-23-8-10-24(11-9-23)20(27)18-5-4-12-28-18/h13,16,18H,4-12,14H2,1-3H3,(H,21,26). The van der Waals surface area contributed by atoms with Crippen LogP contribution < -0.4 is 5.32 Å². The number of aromatic nitrogens is 2. The van der Waals surface area contributed by atoms with Gasteiger partial charge in [0.05, 0.1) is 12.2 Å². The molecule has 2 aliphatic heterocycles. The van der Waals surface area contributed by atoms with E-state index in [1.807, 2.05) is 36.4 Å². The van der Waals surface area contributed by atoms with E-state index in [2.05, 4.69) is 15.3 Å². The Morgan fingerprint density at radius 2 is 2.04 bits per heavy atom. The molecule has 2 aliphatic rings. The van der Waals surface area contributed by atoms with Gasteiger partial charge in [-0.1, -0.05) is 0 Å². The topological polar surface area (TPSA) is 79.7 Å². The molecule has 2 unspecified atom stereocenters. The number of ether oxygens (including phenoxy) is 1. The van der Waals surface area contributed by atoms with Crippen molar-refractivity contribution in [1.82, 2.24) is 24.9 Å². The molecule has 3 heterocycles. The van der Waals surface area contributed by atoms with Crippen LogP contribution in [0.1, 0.15) is 37.6 Å². The van der Waals surface area contributed by atoms with E-state index < -0.39 is 0 Å². The van der Waals surface area contributed by atoms with Crippen molar-refractivity contribution in [3.05, 3.63) is 17.5 Å². The Morgan fingerprint density at radius 3 is 2.64 bits per heavy atom. The van der Waals surface area contributed by atoms with Crippen molar-refractivity contribution in [3.8, 4) is 0 Å². The molecule has 0 bridgehead atoms. The molecule has 1 aromatic rings. The maximum absolute atomic E-state index is 12.4. The van der Waals surface area contributed by atoms with Gasteiger partial charge in [0.1, 0.15) is 6.10 Å². The lowest BCUT2D eigenvalue weighted by molar-refractivity contribution is -0.142. The molecular weight excluding hydrogens is 358 g/mol. The van der Waals surface area contributed by atoms with Crippen LogP contribution in [0.15, 0.2) is 6.07 Å². The lowest BCUT2D eigenvalue weighted by Gasteiger charge is -2.35. The van der Waals surface area contributed by atoms with Crippen LogP contribution in [0.25, 0.3) is 0 Å². The van der Waals surface area contributed by atoms with Gasteiger partial charge < -0.3 is 15.0 Å². The summed E-state index contributed by atoms with van der Waals surface area (Å²) in [5.74, 6) is 0.194. The first-order valence-electron chi connectivity index (χ1n) is 10.4. The fourth-order valence-electron chi connectivity index (χ4n) is 3.94. The molecule has 0 radical (unpaired) electrons. The zero-order chi connectivity index (χ0) is 20.1. The molecule has 2 fully saturated rings. The molecule has 1 N–H and O–H groups in total. The maximum atomic E-state index is 12.4. The first-order valence-corrected chi connectivity index (χ1v) is 10.4. The van der Waals surface area contributed by atoms with Gasteiger partial charge in [-0.2, -0.15) is 5.10 Å². The summed E-state index contributed by atoms with van der Waals surface area (Å²) in [5.41, 5.74) is 2.10. The number of piperazine rings is 1. The number of carbonyl (C=O) groups excluding carboxylic acids is 2. The summed E-state index contributed by atoms with van der Waals surface area (Å²) in [4.78, 5) is 28.8. The Hall–Kier alpha value is -1.93. The fraction of sp³-hybridized carbons (Fsp3) is 0.750. The molecule has 0 aromatic carbocycles. The van der Waals surface area contributed by atoms with Crippen molar-refractivity contribution < 1.29 is 14.3 Å². The van der Waals surface area contributed by atoms with E-state index in [0.29, 0.717) is 32.7 Å². The molecule has 28 heavy (non-hydrogen) atoms. The number of hydrogen-bond donors (Lipinski definition) is 1. The van der Waals surface area contributed by atoms with Crippen LogP contribution in [-0.2, 0) is 20.9 Å². The maximum Gasteiger partial charge on any atom is 0.251 e. The number of amides is 2. The third-order valence-electron chi connectivity index (χ3n) is 5.50. The highest BCUT2D eigenvalue weighted by molar-refractivity contribution is 5.81. The monoisotopic (exact) mass is 391 g/mol. The molecule has 2 atom stereocenters. The van der Waals surface area contributed by atoms with Crippen molar-refractivity contribution in [2.24, 2.45) is 0 Å². The largest absolute Gasteiger partial charge is 0.368 e. The number of nitrogens with one attached hydrogen (secondary N) is 1. The lowest BCUT2D eigenvalue weighted by Crippen LogP contribution is -2.51. The highest BCUT2D eigenvalue weighted by Crippen LogP contribution is 2.16. The van der Waals surface area contributed by atoms with E-state index >= 15 is 0 Å². The first kappa shape index (κ1) is 20.8. The van der Waals surface area contributed by atoms with Gasteiger partial charge in [0.15, 0.2) is 0 Å². The SMILES string of the molecule is Cc1cc(C)n(CC(C)NC(=O)CCN2CCN(C(=O)C3CCCO3)CC2)n1. The molecule has 1 aromatic heterocycles. The van der Waals surface area contributed by atoms with E-state index in [4.69, 9.17) is 4.74 Å². The molecule has 0 saturated carbocycles. The van der Waals surface area contributed by atoms with Crippen LogP contribution in [0, 0.1) is 13.8 Å². The number of aryl methyl sites for hydroxylation is 2. The molecule has 3 rings (SSSR count). The van der Waals surface area contributed by atoms with Crippen LogP contribution >= 0.6 is 0 Å². The first-order chi connectivity index (χ1) is 13.4. The Morgan fingerprint density at radius 1 is 1.29 bits per heavy atom. The molecule has 8 nitrogen and oxygen atoms in total. The second kappa shape index (κ2) is 9.52. The Balaban J connectivity index is 1.34. The van der Waals surface area contributed by atoms with E-state index in [-0.39, 0.29) is 24.0 Å². The van der Waals surface area contributed by atoms with Crippen LogP contribution in [0.2, 0.25) is 0 Å². The van der Waals surface area contributed by atoms with Gasteiger partial charge in [0.25, 0.3) is 5.91 Å². The molecule has 0 spiro atoms. The summed E-state index contributed by atoms with van der Waals surface area (Å²) in [5, 5.41) is 7.50. The number of rotatable bonds is 7. The Labute approximate surface area is 167 Å². The van der Waals surface area contributed by atoms with Crippen molar-refractivity contribution in [2.75, 3.05) is 39.3 Å². The highest BCUT2D eigenvalue weighted by atomic mass is 16.5. The van der Waals surface area contributed by atoms with Gasteiger partial charge in [0.2, 0.25) is 5.91 Å². The summed E-state index contributed by atoms with van der Waals surface area (Å²) < 4.78 is 7.43. The van der Waals surface area contributed by atoms with Gasteiger partial charge in [-0.3, -0.25) is 19.2 Å². The summed E-state index contributed by atoms with van der Waals surface area (Å²) in [6, 6.07) is 2.07. The van der Waals surface area contributed by atoms with Gasteiger partial charge in [0, 0.05) is 57.5 Å². The zero-order valence-electron chi connectivity index (χ0n) is 17.3. The van der Waals surface area contributed by atoms with Crippen LogP contribution in [0.3, 0.4) is 0 Å². The lowest BCUT2D eigenvalue weighted by atomic mass is 10.2. The van der Waals surface area contributed by atoms with Gasteiger partial charge in [-0.05, 0) is 39.7 Å². The summed E-state index contributed by atoms with van der Waals surface area (Å²) >= 11 is 0. The van der Waals surface area contributed by atoms with E-state index in [1.165, 1.54) is 0 Å². The smallest absolute Gasteiger partial charge is 0.251 e. The Bertz CT molecular complexity index is 675. The van der Waals surface area contributed by atoms with Crippen molar-refractivity contribution in [3.63, 3.8) is 0 Å². The normalized spacial score (nSPS) is 21.7. The number of carbonyl (C=O) groups is 2. The van der Waals surface area contributed by atoms with E-state index in [9.17, 15) is 9.59 Å². The van der Waals surface area contributed by atoms with Gasteiger partial charge >= 0.3 is 0 Å². The second-order valence-electron chi connectivity index (χ2n) is 8.00. The molecule has 156 valence electrons. The quantitative estimate of drug-likeness (QED) is 0.741. The Kier molecular flexibility index (Phi) is 7.07. The number of hydrogen-bond acceptors (Lipinski definition) is 5. The third-order valence-corrected chi connectivity index (χ3v) is 5.50. The molecule has 0 aliphatic carbocycles. The van der Waals surface area contributed by atoms with Crippen molar-refractivity contribution >= 4 is 11.8 Å². The predicted octanol–water partition coefficient (Wildman–Crippen LogP) is 0.718. The minimum atomic E-state index is -0.235. The van der Waals surface area contributed by atoms with Gasteiger partial charge in [-0.25, -0.2) is 0 Å². The van der Waals surface area contributed by atoms with E-state index in [0.717, 1.165) is 43.9 Å². The third kappa shape index (κ3) is 5.54. The summed E-state index contributed by atoms with van der Waals surface area (Å²) in [6.07, 6.45) is 2.06. The minimum absolute atomic E-state index is 0.0337. The average molecular weight is 392 g/mol. The number of nitrogens with zero attached hydrogens (tertiary/aromatic N) is 4. The second-order valence-corrected chi connectivity index (χ2v) is 8.00. The summed E-state index contributed by atoms with van der Waals surface area (Å²) in [7, 11) is 0. The average Bonchev–Trinajstić information content (AvgIpc) is 3.30. The van der Waals surface area contributed by atoms with Crippen LogP contribution in [-0.4, -0.2) is 82.9 Å². The molecule has 2 amide bonds. The van der Waals surface area contributed by atoms with Crippen molar-refractivity contribution in [1.29, 1.82) is 0 Å². The van der Waals surface area contributed by atoms with Crippen molar-refractivity contribution in [2.45, 2.75) is 58.7 Å². The molecular formula is C20H33N5O3. The van der Waals surface area contributed by atoms with E-state index in [1.54, 1.807) is 0 Å². The predicted molar refractivity (Wildman–Crippen MR) is 106 cm³/mol. The molecule has 2 saturated heterocycles. The van der Waals surface area contributed by atoms with Crippen LogP contribution in [0.4, 0.5) is 0 Å².